The van der Waals surface area contributed by atoms with E-state index in [4.69, 9.17) is 6.57 Å². The third-order valence-corrected chi connectivity index (χ3v) is 6.24. The molecule has 0 aliphatic carbocycles. The minimum absolute atomic E-state index is 0.363. The first kappa shape index (κ1) is 29.7. The predicted octanol–water partition coefficient (Wildman–Crippen LogP) is 10.0. The highest BCUT2D eigenvalue weighted by molar-refractivity contribution is 6.03. The lowest BCUT2D eigenvalue weighted by atomic mass is 9.81. The van der Waals surface area contributed by atoms with Gasteiger partial charge >= 0.3 is 18.5 Å². The fourth-order valence-electron chi connectivity index (χ4n) is 4.48. The van der Waals surface area contributed by atoms with Gasteiger partial charge in [0.15, 0.2) is 0 Å². The van der Waals surface area contributed by atoms with Crippen LogP contribution in [0.25, 0.3) is 38.2 Å². The van der Waals surface area contributed by atoms with E-state index in [-0.39, 0.29) is 16.7 Å². The highest BCUT2D eigenvalue weighted by Crippen LogP contribution is 2.50. The number of nitriles is 2. The minimum atomic E-state index is -4.88. The normalized spacial score (nSPS) is 11.9. The molecule has 0 heterocycles. The van der Waals surface area contributed by atoms with Crippen LogP contribution < -0.4 is 0 Å². The first-order valence-electron chi connectivity index (χ1n) is 11.6. The SMILES string of the molecule is [C-]#[N+]c1c(-c2cccc(C(F)(F)F)c2)c(C#N)c(-c2cccc(C(F)(F)F)c2)c(C#N)c1-c1cccc(C(F)(F)F)c1. The van der Waals surface area contributed by atoms with Crippen LogP contribution in [-0.4, -0.2) is 0 Å². The minimum Gasteiger partial charge on any atom is -0.237 e. The van der Waals surface area contributed by atoms with Crippen LogP contribution in [0.5, 0.6) is 0 Å². The molecule has 3 nitrogen and oxygen atoms in total. The first-order chi connectivity index (χ1) is 19.6. The Morgan fingerprint density at radius 2 is 0.833 bits per heavy atom. The fourth-order valence-corrected chi connectivity index (χ4v) is 4.48. The van der Waals surface area contributed by atoms with Gasteiger partial charge in [0, 0.05) is 16.7 Å². The molecule has 0 unspecified atom stereocenters. The topological polar surface area (TPSA) is 51.9 Å². The van der Waals surface area contributed by atoms with Crippen molar-refractivity contribution in [3.05, 3.63) is 112 Å². The van der Waals surface area contributed by atoms with Gasteiger partial charge in [0.25, 0.3) is 0 Å². The molecule has 0 aliphatic rings. The van der Waals surface area contributed by atoms with E-state index in [1.807, 2.05) is 0 Å². The highest BCUT2D eigenvalue weighted by atomic mass is 19.4. The molecule has 0 atom stereocenters. The van der Waals surface area contributed by atoms with Crippen LogP contribution >= 0.6 is 0 Å². The van der Waals surface area contributed by atoms with Crippen molar-refractivity contribution in [2.75, 3.05) is 0 Å². The average molecular weight is 585 g/mol. The van der Waals surface area contributed by atoms with Crippen molar-refractivity contribution in [1.29, 1.82) is 10.5 Å². The number of nitrogens with zero attached hydrogens (tertiary/aromatic N) is 3. The largest absolute Gasteiger partial charge is 0.416 e. The van der Waals surface area contributed by atoms with Crippen molar-refractivity contribution < 1.29 is 39.5 Å². The number of benzene rings is 4. The molecule has 0 spiro atoms. The van der Waals surface area contributed by atoms with Crippen molar-refractivity contribution >= 4 is 5.69 Å². The Bertz CT molecular complexity index is 1590. The van der Waals surface area contributed by atoms with E-state index < -0.39 is 68.7 Å². The van der Waals surface area contributed by atoms with E-state index in [0.717, 1.165) is 36.4 Å². The quantitative estimate of drug-likeness (QED) is 0.178. The molecule has 0 aromatic heterocycles. The summed E-state index contributed by atoms with van der Waals surface area (Å²) in [5.74, 6) is 0. The summed E-state index contributed by atoms with van der Waals surface area (Å²) in [5.41, 5.74) is -7.96. The highest BCUT2D eigenvalue weighted by Gasteiger charge is 2.35. The zero-order chi connectivity index (χ0) is 31.0. The Morgan fingerprint density at radius 1 is 0.524 bits per heavy atom. The van der Waals surface area contributed by atoms with Gasteiger partial charge in [-0.3, -0.25) is 0 Å². The zero-order valence-electron chi connectivity index (χ0n) is 20.7. The van der Waals surface area contributed by atoms with Crippen LogP contribution in [0.3, 0.4) is 0 Å². The number of rotatable bonds is 3. The van der Waals surface area contributed by atoms with Crippen molar-refractivity contribution in [1.82, 2.24) is 0 Å². The summed E-state index contributed by atoms with van der Waals surface area (Å²) < 4.78 is 122. The van der Waals surface area contributed by atoms with E-state index in [9.17, 15) is 50.0 Å². The third-order valence-electron chi connectivity index (χ3n) is 6.24. The van der Waals surface area contributed by atoms with Gasteiger partial charge in [-0.05, 0) is 53.1 Å². The van der Waals surface area contributed by atoms with Gasteiger partial charge in [0.2, 0.25) is 5.69 Å². The lowest BCUT2D eigenvalue weighted by Crippen LogP contribution is -2.07. The summed E-state index contributed by atoms with van der Waals surface area (Å²) in [7, 11) is 0. The molecular weight excluding hydrogens is 573 g/mol. The molecule has 0 aliphatic heterocycles. The second-order valence-corrected chi connectivity index (χ2v) is 8.79. The molecule has 210 valence electrons. The number of hydrogen-bond acceptors (Lipinski definition) is 2. The van der Waals surface area contributed by atoms with Gasteiger partial charge in [0.05, 0.1) is 46.5 Å². The van der Waals surface area contributed by atoms with E-state index >= 15 is 0 Å². The van der Waals surface area contributed by atoms with Gasteiger partial charge in [0.1, 0.15) is 0 Å². The van der Waals surface area contributed by atoms with Crippen LogP contribution in [-0.2, 0) is 18.5 Å². The molecule has 4 aromatic rings. The summed E-state index contributed by atoms with van der Waals surface area (Å²) in [6.07, 6.45) is -14.6. The molecule has 4 rings (SSSR count). The third kappa shape index (κ3) is 5.50. The Labute approximate surface area is 232 Å². The van der Waals surface area contributed by atoms with Crippen LogP contribution in [0, 0.1) is 29.2 Å². The summed E-state index contributed by atoms with van der Waals surface area (Å²) >= 11 is 0. The molecule has 12 heteroatoms. The predicted molar refractivity (Wildman–Crippen MR) is 133 cm³/mol. The molecule has 0 saturated carbocycles. The Kier molecular flexibility index (Phi) is 7.50. The van der Waals surface area contributed by atoms with Crippen LogP contribution in [0.4, 0.5) is 45.2 Å². The summed E-state index contributed by atoms with van der Waals surface area (Å²) in [4.78, 5) is 3.32. The van der Waals surface area contributed by atoms with Gasteiger partial charge in [-0.2, -0.15) is 50.0 Å². The molecule has 0 amide bonds. The molecule has 0 radical (unpaired) electrons. The van der Waals surface area contributed by atoms with Gasteiger partial charge in [-0.15, -0.1) is 0 Å². The molecule has 4 aromatic carbocycles. The van der Waals surface area contributed by atoms with Crippen LogP contribution in [0.2, 0.25) is 0 Å². The monoisotopic (exact) mass is 585 g/mol. The molecular formula is C30H12F9N3. The second kappa shape index (κ2) is 10.6. The van der Waals surface area contributed by atoms with Gasteiger partial charge < -0.3 is 0 Å². The Morgan fingerprint density at radius 3 is 1.10 bits per heavy atom. The van der Waals surface area contributed by atoms with Crippen molar-refractivity contribution in [2.45, 2.75) is 18.5 Å². The maximum atomic E-state index is 13.6. The maximum absolute atomic E-state index is 13.6. The summed E-state index contributed by atoms with van der Waals surface area (Å²) in [6.45, 7) is 7.82. The van der Waals surface area contributed by atoms with E-state index in [1.165, 1.54) is 0 Å². The smallest absolute Gasteiger partial charge is 0.237 e. The second-order valence-electron chi connectivity index (χ2n) is 8.79. The first-order valence-corrected chi connectivity index (χ1v) is 11.6. The van der Waals surface area contributed by atoms with Crippen LogP contribution in [0.1, 0.15) is 27.8 Å². The molecule has 0 bridgehead atoms. The van der Waals surface area contributed by atoms with Crippen molar-refractivity contribution in [3.63, 3.8) is 0 Å². The summed E-state index contributed by atoms with van der Waals surface area (Å²) in [5, 5.41) is 20.4. The molecule has 0 N–H and O–H groups in total. The van der Waals surface area contributed by atoms with Crippen molar-refractivity contribution in [2.24, 2.45) is 0 Å². The lowest BCUT2D eigenvalue weighted by molar-refractivity contribution is -0.138. The fraction of sp³-hybridized carbons (Fsp3) is 0.100. The summed E-state index contributed by atoms with van der Waals surface area (Å²) in [6, 6.07) is 13.6. The number of hydrogen-bond donors (Lipinski definition) is 0. The standard InChI is InChI=1S/C30H12F9N3/c1-42-27-25(17-6-3-9-20(12-17)29(34,35)36)22(14-40)24(16-5-2-8-19(11-16)28(31,32)33)23(15-41)26(27)18-7-4-10-21(13-18)30(37,38)39/h2-13H. The van der Waals surface area contributed by atoms with E-state index in [1.54, 1.807) is 12.1 Å². The van der Waals surface area contributed by atoms with Gasteiger partial charge in [-0.1, -0.05) is 36.4 Å². The van der Waals surface area contributed by atoms with Crippen LogP contribution in [0.15, 0.2) is 72.8 Å². The number of alkyl halides is 9. The molecule has 0 fully saturated rings. The molecule has 42 heavy (non-hydrogen) atoms. The maximum Gasteiger partial charge on any atom is 0.416 e. The average Bonchev–Trinajstić information content (AvgIpc) is 2.94. The van der Waals surface area contributed by atoms with E-state index in [0.29, 0.717) is 36.4 Å². The number of halogens is 9. The van der Waals surface area contributed by atoms with Crippen molar-refractivity contribution in [3.8, 4) is 45.5 Å². The Balaban J connectivity index is 2.27. The van der Waals surface area contributed by atoms with E-state index in [2.05, 4.69) is 4.85 Å². The lowest BCUT2D eigenvalue weighted by Gasteiger charge is -2.21. The zero-order valence-corrected chi connectivity index (χ0v) is 20.7. The molecule has 0 saturated heterocycles. The Hall–Kier alpha value is -5.28. The van der Waals surface area contributed by atoms with Gasteiger partial charge in [-0.25, -0.2) is 4.85 Å².